The second-order valence-corrected chi connectivity index (χ2v) is 10.3. The van der Waals surface area contributed by atoms with Gasteiger partial charge in [0.15, 0.2) is 0 Å². The number of nitrogens with zero attached hydrogens (tertiary/aromatic N) is 5. The Morgan fingerprint density at radius 2 is 1.69 bits per heavy atom. The number of anilines is 3. The third-order valence-corrected chi connectivity index (χ3v) is 8.12. The summed E-state index contributed by atoms with van der Waals surface area (Å²) >= 11 is 1.43. The summed E-state index contributed by atoms with van der Waals surface area (Å²) in [5, 5.41) is 0. The molecule has 6 nitrogen and oxygen atoms in total. The molecule has 32 heavy (non-hydrogen) atoms. The summed E-state index contributed by atoms with van der Waals surface area (Å²) in [5.41, 5.74) is 2.68. The van der Waals surface area contributed by atoms with Crippen LogP contribution in [-0.4, -0.2) is 33.9 Å². The molecule has 0 atom stereocenters. The molecule has 0 saturated heterocycles. The number of benzene rings is 2. The summed E-state index contributed by atoms with van der Waals surface area (Å²) in [6.07, 6.45) is 5.49. The molecular weight excluding hydrogens is 485 g/mol. The number of hydrogen-bond acceptors (Lipinski definition) is 6. The molecule has 0 N–H and O–H groups in total. The number of aromatic nitrogens is 4. The predicted molar refractivity (Wildman–Crippen MR) is 129 cm³/mol. The molecule has 8 heteroatoms. The SMILES string of the molecule is O=c1/c(=C\c2ccc(N(c3ccccc3)c3ncccn3)[se]2)sc2nc3ccccc3n12. The molecule has 0 radical (unpaired) electrons. The second kappa shape index (κ2) is 7.84. The number of fused-ring (bicyclic) bond motifs is 3. The first-order valence-corrected chi connectivity index (χ1v) is 12.4. The number of hydrogen-bond donors (Lipinski definition) is 0. The predicted octanol–water partition coefficient (Wildman–Crippen LogP) is 3.77. The second-order valence-electron chi connectivity index (χ2n) is 7.03. The molecule has 0 bridgehead atoms. The topological polar surface area (TPSA) is 63.4 Å². The van der Waals surface area contributed by atoms with Crippen LogP contribution in [0.1, 0.15) is 4.44 Å². The molecule has 0 aliphatic heterocycles. The van der Waals surface area contributed by atoms with Crippen LogP contribution in [0.3, 0.4) is 0 Å². The van der Waals surface area contributed by atoms with E-state index >= 15 is 0 Å². The summed E-state index contributed by atoms with van der Waals surface area (Å²) in [5.74, 6) is 0.632. The molecule has 154 valence electrons. The Hall–Kier alpha value is -3.58. The maximum atomic E-state index is 13.1. The van der Waals surface area contributed by atoms with Gasteiger partial charge in [-0.2, -0.15) is 0 Å². The Morgan fingerprint density at radius 3 is 2.53 bits per heavy atom. The van der Waals surface area contributed by atoms with Crippen LogP contribution in [0.5, 0.6) is 0 Å². The molecular formula is C24H15N5OSSe. The number of rotatable bonds is 4. The standard InChI is InChI=1S/C24H15N5OSSe/c30-22-20(31-24-27-18-9-4-5-10-19(18)29(22)24)15-17-11-12-21(32-17)28(16-7-2-1-3-8-16)23-25-13-6-14-26-23/h1-15H/b20-15+. The quantitative estimate of drug-likeness (QED) is 0.345. The van der Waals surface area contributed by atoms with Gasteiger partial charge >= 0.3 is 193 Å². The summed E-state index contributed by atoms with van der Waals surface area (Å²) in [6, 6.07) is 23.8. The van der Waals surface area contributed by atoms with Gasteiger partial charge in [-0.25, -0.2) is 0 Å². The van der Waals surface area contributed by atoms with Gasteiger partial charge in [0.05, 0.1) is 0 Å². The molecule has 0 unspecified atom stereocenters. The van der Waals surface area contributed by atoms with E-state index in [0.717, 1.165) is 30.7 Å². The van der Waals surface area contributed by atoms with Crippen molar-refractivity contribution >= 4 is 64.1 Å². The Labute approximate surface area is 192 Å². The molecule has 0 amide bonds. The zero-order valence-electron chi connectivity index (χ0n) is 16.6. The van der Waals surface area contributed by atoms with Crippen LogP contribution < -0.4 is 15.0 Å². The first-order chi connectivity index (χ1) is 15.8. The fourth-order valence-corrected chi connectivity index (χ4v) is 6.78. The van der Waals surface area contributed by atoms with E-state index in [1.54, 1.807) is 16.8 Å². The van der Waals surface area contributed by atoms with Crippen LogP contribution in [0.2, 0.25) is 0 Å². The van der Waals surface area contributed by atoms with E-state index in [0.29, 0.717) is 10.5 Å². The van der Waals surface area contributed by atoms with Gasteiger partial charge in [0.25, 0.3) is 0 Å². The Kier molecular flexibility index (Phi) is 4.68. The molecule has 0 saturated carbocycles. The van der Waals surface area contributed by atoms with Crippen molar-refractivity contribution in [3.8, 4) is 0 Å². The first-order valence-electron chi connectivity index (χ1n) is 9.92. The normalized spacial score (nSPS) is 12.1. The molecule has 6 rings (SSSR count). The Balaban J connectivity index is 1.45. The number of imidazole rings is 1. The minimum atomic E-state index is -0.0184. The van der Waals surface area contributed by atoms with Crippen LogP contribution in [0.25, 0.3) is 22.1 Å². The minimum absolute atomic E-state index is 0.00433. The van der Waals surface area contributed by atoms with E-state index in [-0.39, 0.29) is 20.1 Å². The van der Waals surface area contributed by atoms with Crippen LogP contribution in [-0.2, 0) is 0 Å². The van der Waals surface area contributed by atoms with Crippen molar-refractivity contribution in [3.63, 3.8) is 0 Å². The van der Waals surface area contributed by atoms with Crippen molar-refractivity contribution in [1.29, 1.82) is 0 Å². The average Bonchev–Trinajstić information content (AvgIpc) is 3.51. The molecule has 0 spiro atoms. The number of para-hydroxylation sites is 3. The van der Waals surface area contributed by atoms with Gasteiger partial charge in [-0.1, -0.05) is 0 Å². The van der Waals surface area contributed by atoms with E-state index in [2.05, 4.69) is 32.0 Å². The van der Waals surface area contributed by atoms with Gasteiger partial charge in [0, 0.05) is 0 Å². The third-order valence-electron chi connectivity index (χ3n) is 5.02. The molecule has 0 aliphatic carbocycles. The Morgan fingerprint density at radius 1 is 0.906 bits per heavy atom. The van der Waals surface area contributed by atoms with Crippen molar-refractivity contribution in [3.05, 3.63) is 105 Å². The van der Waals surface area contributed by atoms with Gasteiger partial charge in [-0.05, 0) is 0 Å². The van der Waals surface area contributed by atoms with E-state index in [4.69, 9.17) is 0 Å². The molecule has 6 aromatic rings. The van der Waals surface area contributed by atoms with Gasteiger partial charge in [0.2, 0.25) is 0 Å². The summed E-state index contributed by atoms with van der Waals surface area (Å²) in [6.45, 7) is 0. The van der Waals surface area contributed by atoms with E-state index < -0.39 is 0 Å². The van der Waals surface area contributed by atoms with Crippen molar-refractivity contribution in [2.24, 2.45) is 0 Å². The van der Waals surface area contributed by atoms with Gasteiger partial charge in [-0.3, -0.25) is 0 Å². The molecule has 2 aromatic carbocycles. The van der Waals surface area contributed by atoms with Crippen molar-refractivity contribution < 1.29 is 0 Å². The molecule has 4 aromatic heterocycles. The first kappa shape index (κ1) is 19.1. The monoisotopic (exact) mass is 501 g/mol. The van der Waals surface area contributed by atoms with E-state index in [1.807, 2.05) is 66.7 Å². The summed E-state index contributed by atoms with van der Waals surface area (Å²) in [7, 11) is 0. The van der Waals surface area contributed by atoms with Crippen LogP contribution >= 0.6 is 11.3 Å². The van der Waals surface area contributed by atoms with Gasteiger partial charge in [-0.15, -0.1) is 0 Å². The third kappa shape index (κ3) is 3.25. The van der Waals surface area contributed by atoms with Crippen molar-refractivity contribution in [1.82, 2.24) is 19.4 Å². The van der Waals surface area contributed by atoms with E-state index in [9.17, 15) is 4.79 Å². The van der Waals surface area contributed by atoms with Gasteiger partial charge < -0.3 is 0 Å². The van der Waals surface area contributed by atoms with Crippen molar-refractivity contribution in [2.45, 2.75) is 0 Å². The Bertz CT molecular complexity index is 1620. The molecule has 0 aliphatic rings. The maximum absolute atomic E-state index is 13.1. The number of thiazole rings is 1. The fraction of sp³-hybridized carbons (Fsp3) is 0. The van der Waals surface area contributed by atoms with Crippen LogP contribution in [0, 0.1) is 0 Å². The summed E-state index contributed by atoms with van der Waals surface area (Å²) < 4.78 is 4.63. The average molecular weight is 500 g/mol. The van der Waals surface area contributed by atoms with Crippen molar-refractivity contribution in [2.75, 3.05) is 4.90 Å². The molecule has 0 fully saturated rings. The van der Waals surface area contributed by atoms with Crippen LogP contribution in [0.4, 0.5) is 16.2 Å². The zero-order chi connectivity index (χ0) is 21.5. The molecule has 4 heterocycles. The zero-order valence-corrected chi connectivity index (χ0v) is 19.2. The van der Waals surface area contributed by atoms with Crippen LogP contribution in [0.15, 0.2) is 90.0 Å². The fourth-order valence-electron chi connectivity index (χ4n) is 3.61. The van der Waals surface area contributed by atoms with E-state index in [1.165, 1.54) is 11.3 Å². The van der Waals surface area contributed by atoms with Gasteiger partial charge in [0.1, 0.15) is 0 Å². The summed E-state index contributed by atoms with van der Waals surface area (Å²) in [4.78, 5) is 29.4.